The van der Waals surface area contributed by atoms with Crippen LogP contribution < -0.4 is 16.8 Å². The molecule has 4 aromatic rings. The molecule has 0 aliphatic carbocycles. The van der Waals surface area contributed by atoms with Gasteiger partial charge >= 0.3 is 12.2 Å². The van der Waals surface area contributed by atoms with Gasteiger partial charge in [0.05, 0.1) is 10.9 Å². The Morgan fingerprint density at radius 3 is 1.68 bits per heavy atom. The van der Waals surface area contributed by atoms with E-state index in [-0.39, 0.29) is 50.3 Å². The number of sulfonamides is 1. The number of rotatable bonds is 22. The van der Waals surface area contributed by atoms with E-state index < -0.39 is 52.1 Å². The van der Waals surface area contributed by atoms with Crippen LogP contribution in [-0.2, 0) is 53.5 Å². The van der Waals surface area contributed by atoms with E-state index in [2.05, 4.69) is 5.32 Å². The molecular formula is C44H53N5O9S. The molecule has 4 rings (SSSR count). The number of unbranched alkanes of at least 4 members (excludes halogenated alkanes) is 2. The third kappa shape index (κ3) is 13.6. The molecule has 0 radical (unpaired) electrons. The molecule has 4 amide bonds. The highest BCUT2D eigenvalue weighted by atomic mass is 32.2. The fourth-order valence-electron chi connectivity index (χ4n) is 6.26. The Bertz CT molecular complexity index is 2050. The smallest absolute Gasteiger partial charge is 0.424 e. The minimum atomic E-state index is -4.77. The van der Waals surface area contributed by atoms with Crippen LogP contribution in [0.2, 0.25) is 0 Å². The second-order valence-corrected chi connectivity index (χ2v) is 15.8. The molecule has 14 nitrogen and oxygen atoms in total. The predicted octanol–water partition coefficient (Wildman–Crippen LogP) is 5.41. The van der Waals surface area contributed by atoms with Gasteiger partial charge in [-0.05, 0) is 87.4 Å². The number of aryl methyl sites for hydroxylation is 1. The molecule has 0 bridgehead atoms. The molecule has 0 aliphatic rings. The zero-order valence-electron chi connectivity index (χ0n) is 33.2. The van der Waals surface area contributed by atoms with E-state index in [1.165, 1.54) is 12.1 Å². The molecule has 0 aliphatic heterocycles. The molecule has 0 unspecified atom stereocenters. The van der Waals surface area contributed by atoms with E-state index in [0.717, 1.165) is 5.56 Å². The maximum atomic E-state index is 14.8. The van der Waals surface area contributed by atoms with Crippen LogP contribution >= 0.6 is 0 Å². The van der Waals surface area contributed by atoms with Gasteiger partial charge < -0.3 is 31.1 Å². The first-order valence-electron chi connectivity index (χ1n) is 19.5. The third-order valence-corrected chi connectivity index (χ3v) is 11.2. The summed E-state index contributed by atoms with van der Waals surface area (Å²) >= 11 is 0. The number of ether oxygens (including phenoxy) is 2. The molecule has 314 valence electrons. The summed E-state index contributed by atoms with van der Waals surface area (Å²) in [5.41, 5.74) is 14.0. The van der Waals surface area contributed by atoms with Crippen molar-refractivity contribution in [3.05, 3.63) is 138 Å². The van der Waals surface area contributed by atoms with E-state index in [1.54, 1.807) is 110 Å². The number of aldehydes is 1. The summed E-state index contributed by atoms with van der Waals surface area (Å²) in [4.78, 5) is 70.5. The number of amides is 4. The second-order valence-electron chi connectivity index (χ2n) is 13.9. The standard InChI is InChI=1S/C44H53N5O9S/c1-33-23-25-38(26-24-33)59(55,56)49(44(54)58-32-36-19-9-4-10-20-36)40(22-12-14-28-46)41(51)47-39(29-34-15-5-2-6-16-34)42(52)48(37(30-50)21-11-13-27-45)43(53)57-31-35-17-7-3-8-18-35/h2-10,15-20,23-26,30,37,39-40H,11-14,21-22,27-29,31-32,45-46H2,1H3,(H,47,51)/t37-,39-,40+/m0/s1. The molecule has 0 saturated heterocycles. The fraction of sp³-hybridized carbons (Fsp3) is 0.341. The van der Waals surface area contributed by atoms with Gasteiger partial charge in [0, 0.05) is 6.42 Å². The topological polar surface area (TPSA) is 208 Å². The Hall–Kier alpha value is -5.90. The zero-order chi connectivity index (χ0) is 42.6. The van der Waals surface area contributed by atoms with Crippen LogP contribution in [0.15, 0.2) is 120 Å². The van der Waals surface area contributed by atoms with E-state index in [4.69, 9.17) is 20.9 Å². The Kier molecular flexibility index (Phi) is 18.2. The molecule has 15 heteroatoms. The number of nitrogens with zero attached hydrogens (tertiary/aromatic N) is 2. The molecule has 4 aromatic carbocycles. The lowest BCUT2D eigenvalue weighted by Gasteiger charge is -2.33. The van der Waals surface area contributed by atoms with Gasteiger partial charge in [-0.1, -0.05) is 109 Å². The monoisotopic (exact) mass is 827 g/mol. The summed E-state index contributed by atoms with van der Waals surface area (Å²) in [6.45, 7) is 1.77. The van der Waals surface area contributed by atoms with E-state index in [9.17, 15) is 32.4 Å². The molecule has 0 saturated carbocycles. The lowest BCUT2D eigenvalue weighted by molar-refractivity contribution is -0.139. The molecule has 0 spiro atoms. The number of nitrogens with one attached hydrogen (secondary N) is 1. The van der Waals surface area contributed by atoms with E-state index >= 15 is 0 Å². The van der Waals surface area contributed by atoms with E-state index in [0.29, 0.717) is 58.0 Å². The van der Waals surface area contributed by atoms with Gasteiger partial charge in [-0.2, -0.15) is 4.31 Å². The van der Waals surface area contributed by atoms with Crippen LogP contribution in [0.25, 0.3) is 0 Å². The highest BCUT2D eigenvalue weighted by Crippen LogP contribution is 2.25. The first-order valence-corrected chi connectivity index (χ1v) is 21.0. The second kappa shape index (κ2) is 23.5. The summed E-state index contributed by atoms with van der Waals surface area (Å²) in [6, 6.07) is 27.1. The molecule has 3 atom stereocenters. The average Bonchev–Trinajstić information content (AvgIpc) is 3.25. The normalized spacial score (nSPS) is 12.7. The maximum Gasteiger partial charge on any atom is 0.424 e. The molecule has 0 heterocycles. The number of carbonyl (C=O) groups excluding carboxylic acids is 5. The van der Waals surface area contributed by atoms with Crippen molar-refractivity contribution < 1.29 is 41.9 Å². The third-order valence-electron chi connectivity index (χ3n) is 9.46. The van der Waals surface area contributed by atoms with Crippen molar-refractivity contribution in [2.75, 3.05) is 13.1 Å². The molecular weight excluding hydrogens is 775 g/mol. The van der Waals surface area contributed by atoms with Crippen molar-refractivity contribution in [1.29, 1.82) is 0 Å². The number of benzene rings is 4. The van der Waals surface area contributed by atoms with Gasteiger partial charge in [0.2, 0.25) is 5.91 Å². The van der Waals surface area contributed by atoms with Crippen molar-refractivity contribution in [2.24, 2.45) is 11.5 Å². The van der Waals surface area contributed by atoms with Gasteiger partial charge in [0.25, 0.3) is 15.9 Å². The van der Waals surface area contributed by atoms with Gasteiger partial charge in [0.15, 0.2) is 0 Å². The SMILES string of the molecule is Cc1ccc(S(=O)(=O)N(C(=O)OCc2ccccc2)[C@H](CCCCN)C(=O)N[C@@H](Cc2ccccc2)C(=O)N(C(=O)OCc2ccccc2)[C@H](C=O)CCCCN)cc1. The highest BCUT2D eigenvalue weighted by molar-refractivity contribution is 7.89. The van der Waals surface area contributed by atoms with Crippen molar-refractivity contribution >= 4 is 40.3 Å². The summed E-state index contributed by atoms with van der Waals surface area (Å²) in [6.07, 6.45) is -0.797. The van der Waals surface area contributed by atoms with Crippen molar-refractivity contribution in [3.63, 3.8) is 0 Å². The Labute approximate surface area is 345 Å². The zero-order valence-corrected chi connectivity index (χ0v) is 34.0. The molecule has 0 aromatic heterocycles. The minimum Gasteiger partial charge on any atom is -0.444 e. The summed E-state index contributed by atoms with van der Waals surface area (Å²) in [5.74, 6) is -2.00. The first kappa shape index (κ1) is 45.8. The van der Waals surface area contributed by atoms with Crippen LogP contribution in [0.1, 0.15) is 60.8 Å². The lowest BCUT2D eigenvalue weighted by atomic mass is 10.0. The molecule has 5 N–H and O–H groups in total. The number of nitrogens with two attached hydrogens (primary N) is 2. The maximum absolute atomic E-state index is 14.8. The highest BCUT2D eigenvalue weighted by Gasteiger charge is 2.43. The summed E-state index contributed by atoms with van der Waals surface area (Å²) < 4.78 is 40.4. The van der Waals surface area contributed by atoms with Crippen LogP contribution in [-0.4, -0.2) is 79.1 Å². The van der Waals surface area contributed by atoms with Crippen LogP contribution in [0, 0.1) is 6.92 Å². The lowest BCUT2D eigenvalue weighted by Crippen LogP contribution is -2.59. The average molecular weight is 828 g/mol. The Morgan fingerprint density at radius 2 is 1.17 bits per heavy atom. The minimum absolute atomic E-state index is 0.0659. The summed E-state index contributed by atoms with van der Waals surface area (Å²) in [5, 5.41) is 2.67. The summed E-state index contributed by atoms with van der Waals surface area (Å²) in [7, 11) is -4.77. The predicted molar refractivity (Wildman–Crippen MR) is 222 cm³/mol. The van der Waals surface area contributed by atoms with Crippen molar-refractivity contribution in [2.45, 2.75) is 88.1 Å². The number of carbonyl (C=O) groups is 5. The first-order chi connectivity index (χ1) is 28.5. The molecule has 59 heavy (non-hydrogen) atoms. The van der Waals surface area contributed by atoms with Crippen LogP contribution in [0.3, 0.4) is 0 Å². The van der Waals surface area contributed by atoms with Gasteiger partial charge in [-0.25, -0.2) is 22.9 Å². The van der Waals surface area contributed by atoms with Crippen molar-refractivity contribution in [3.8, 4) is 0 Å². The van der Waals surface area contributed by atoms with Crippen molar-refractivity contribution in [1.82, 2.24) is 14.5 Å². The quantitative estimate of drug-likeness (QED) is 0.0674. The Balaban J connectivity index is 1.78. The largest absolute Gasteiger partial charge is 0.444 e. The van der Waals surface area contributed by atoms with Gasteiger partial charge in [-0.15, -0.1) is 0 Å². The number of imide groups is 1. The fourth-order valence-corrected chi connectivity index (χ4v) is 7.75. The van der Waals surface area contributed by atoms with Gasteiger partial charge in [-0.3, -0.25) is 9.59 Å². The van der Waals surface area contributed by atoms with E-state index in [1.807, 2.05) is 0 Å². The van der Waals surface area contributed by atoms with Crippen LogP contribution in [0.5, 0.6) is 0 Å². The Morgan fingerprint density at radius 1 is 0.678 bits per heavy atom. The number of hydrogen-bond donors (Lipinski definition) is 3. The van der Waals surface area contributed by atoms with Gasteiger partial charge in [0.1, 0.15) is 31.6 Å². The molecule has 0 fully saturated rings. The van der Waals surface area contributed by atoms with Crippen LogP contribution in [0.4, 0.5) is 9.59 Å². The number of hydrogen-bond acceptors (Lipinski definition) is 11.